The van der Waals surface area contributed by atoms with Crippen LogP contribution in [0.3, 0.4) is 0 Å². The van der Waals surface area contributed by atoms with Gasteiger partial charge in [-0.15, -0.1) is 0 Å². The highest BCUT2D eigenvalue weighted by atomic mass is 32.2. The molecule has 2 N–H and O–H groups in total. The first-order valence-corrected chi connectivity index (χ1v) is 9.94. The number of benzene rings is 2. The Bertz CT molecular complexity index is 955. The summed E-state index contributed by atoms with van der Waals surface area (Å²) in [5.74, 6) is -1.54. The van der Waals surface area contributed by atoms with Crippen LogP contribution in [0.25, 0.3) is 0 Å². The van der Waals surface area contributed by atoms with E-state index in [1.165, 1.54) is 7.05 Å². The zero-order chi connectivity index (χ0) is 20.9. The van der Waals surface area contributed by atoms with Crippen molar-refractivity contribution in [2.24, 2.45) is 0 Å². The lowest BCUT2D eigenvalue weighted by atomic mass is 10.1. The number of halogens is 1. The lowest BCUT2D eigenvalue weighted by Crippen LogP contribution is -2.41. The summed E-state index contributed by atoms with van der Waals surface area (Å²) in [6, 6.07) is 9.83. The number of amides is 2. The molecule has 0 aromatic heterocycles. The fourth-order valence-corrected chi connectivity index (χ4v) is 3.46. The van der Waals surface area contributed by atoms with Crippen molar-refractivity contribution in [3.8, 4) is 0 Å². The predicted octanol–water partition coefficient (Wildman–Crippen LogP) is 1.82. The predicted molar refractivity (Wildman–Crippen MR) is 104 cm³/mol. The number of sulfonamides is 1. The third kappa shape index (κ3) is 5.61. The number of rotatable bonds is 7. The smallest absolute Gasteiger partial charge is 0.243 e. The lowest BCUT2D eigenvalue weighted by molar-refractivity contribution is -0.132. The summed E-state index contributed by atoms with van der Waals surface area (Å²) in [5, 5.41) is 2.76. The summed E-state index contributed by atoms with van der Waals surface area (Å²) < 4.78 is 39.3. The molecule has 0 atom stereocenters. The van der Waals surface area contributed by atoms with Gasteiger partial charge in [0.05, 0.1) is 18.0 Å². The van der Waals surface area contributed by atoms with Gasteiger partial charge in [-0.25, -0.2) is 17.5 Å². The largest absolute Gasteiger partial charge is 0.335 e. The Morgan fingerprint density at radius 2 is 1.61 bits per heavy atom. The molecule has 0 spiro atoms. The van der Waals surface area contributed by atoms with Crippen molar-refractivity contribution >= 4 is 27.5 Å². The summed E-state index contributed by atoms with van der Waals surface area (Å²) >= 11 is 0. The van der Waals surface area contributed by atoms with Gasteiger partial charge in [-0.05, 0) is 49.2 Å². The number of likely N-dealkylation sites (N-methyl/N-ethyl adjacent to an activating group) is 1. The molecule has 0 aliphatic rings. The molecule has 150 valence electrons. The molecule has 0 heterocycles. The summed E-state index contributed by atoms with van der Waals surface area (Å²) in [6.45, 7) is 2.97. The first kappa shape index (κ1) is 21.5. The molecule has 28 heavy (non-hydrogen) atoms. The molecule has 0 fully saturated rings. The molecule has 0 aliphatic heterocycles. The van der Waals surface area contributed by atoms with E-state index in [2.05, 4.69) is 10.0 Å². The van der Waals surface area contributed by atoms with Crippen LogP contribution in [0.1, 0.15) is 11.1 Å². The van der Waals surface area contributed by atoms with Gasteiger partial charge in [-0.2, -0.15) is 0 Å². The topological polar surface area (TPSA) is 95.6 Å². The Morgan fingerprint density at radius 1 is 1.04 bits per heavy atom. The Kier molecular flexibility index (Phi) is 6.87. The third-order valence-corrected chi connectivity index (χ3v) is 5.51. The maximum atomic E-state index is 12.9. The Labute approximate surface area is 163 Å². The average Bonchev–Trinajstić information content (AvgIpc) is 2.63. The number of hydrogen-bond donors (Lipinski definition) is 2. The first-order chi connectivity index (χ1) is 13.1. The Morgan fingerprint density at radius 3 is 2.18 bits per heavy atom. The van der Waals surface area contributed by atoms with Crippen molar-refractivity contribution in [1.29, 1.82) is 0 Å². The van der Waals surface area contributed by atoms with Crippen LogP contribution >= 0.6 is 0 Å². The van der Waals surface area contributed by atoms with Crippen LogP contribution in [0.2, 0.25) is 0 Å². The molecule has 0 radical (unpaired) electrons. The van der Waals surface area contributed by atoms with Gasteiger partial charge in [0.25, 0.3) is 0 Å². The van der Waals surface area contributed by atoms with Crippen LogP contribution in [-0.4, -0.2) is 45.3 Å². The Balaban J connectivity index is 1.92. The molecule has 0 saturated heterocycles. The molecule has 0 bridgehead atoms. The van der Waals surface area contributed by atoms with Crippen LogP contribution in [0.5, 0.6) is 0 Å². The molecule has 2 aromatic carbocycles. The zero-order valence-corrected chi connectivity index (χ0v) is 16.6. The second kappa shape index (κ2) is 8.94. The summed E-state index contributed by atoms with van der Waals surface area (Å²) in [6.07, 6.45) is 0. The average molecular weight is 407 g/mol. The van der Waals surface area contributed by atoms with Crippen LogP contribution in [-0.2, 0) is 19.6 Å². The highest BCUT2D eigenvalue weighted by molar-refractivity contribution is 7.89. The van der Waals surface area contributed by atoms with Crippen LogP contribution < -0.4 is 10.0 Å². The van der Waals surface area contributed by atoms with Crippen molar-refractivity contribution in [3.63, 3.8) is 0 Å². The molecule has 2 aromatic rings. The highest BCUT2D eigenvalue weighted by Gasteiger charge is 2.19. The van der Waals surface area contributed by atoms with Gasteiger partial charge < -0.3 is 10.2 Å². The van der Waals surface area contributed by atoms with Crippen LogP contribution in [0.15, 0.2) is 47.4 Å². The molecular formula is C19H22FN3O4S. The first-order valence-electron chi connectivity index (χ1n) is 8.45. The van der Waals surface area contributed by atoms with E-state index in [0.29, 0.717) is 5.69 Å². The molecule has 2 amide bonds. The third-order valence-electron chi connectivity index (χ3n) is 4.09. The van der Waals surface area contributed by atoms with Crippen molar-refractivity contribution in [2.45, 2.75) is 18.7 Å². The van der Waals surface area contributed by atoms with Gasteiger partial charge in [-0.1, -0.05) is 18.2 Å². The highest BCUT2D eigenvalue weighted by Crippen LogP contribution is 2.19. The summed E-state index contributed by atoms with van der Waals surface area (Å²) in [7, 11) is -2.56. The summed E-state index contributed by atoms with van der Waals surface area (Å²) in [4.78, 5) is 25.3. The van der Waals surface area contributed by atoms with E-state index in [9.17, 15) is 22.4 Å². The number of aryl methyl sites for hydroxylation is 2. The molecule has 7 nitrogen and oxygen atoms in total. The van der Waals surface area contributed by atoms with E-state index in [4.69, 9.17) is 0 Å². The fraction of sp³-hybridized carbons (Fsp3) is 0.263. The van der Waals surface area contributed by atoms with E-state index in [-0.39, 0.29) is 11.4 Å². The van der Waals surface area contributed by atoms with E-state index in [1.807, 2.05) is 32.0 Å². The minimum atomic E-state index is -3.96. The maximum Gasteiger partial charge on any atom is 0.243 e. The lowest BCUT2D eigenvalue weighted by Gasteiger charge is -2.18. The number of anilines is 1. The standard InChI is InChI=1S/C19H22FN3O4S/c1-13-5-4-6-14(2)19(13)22-17(24)12-23(3)18(25)11-21-28(26,27)16-9-7-15(20)8-10-16/h4-10,21H,11-12H2,1-3H3,(H,22,24). The van der Waals surface area contributed by atoms with Crippen LogP contribution in [0, 0.1) is 19.7 Å². The minimum absolute atomic E-state index is 0.155. The van der Waals surface area contributed by atoms with Crippen molar-refractivity contribution in [3.05, 3.63) is 59.4 Å². The van der Waals surface area contributed by atoms with E-state index in [1.54, 1.807) is 0 Å². The SMILES string of the molecule is Cc1cccc(C)c1NC(=O)CN(C)C(=O)CNS(=O)(=O)c1ccc(F)cc1. The monoisotopic (exact) mass is 407 g/mol. The van der Waals surface area contributed by atoms with Crippen molar-refractivity contribution in [2.75, 3.05) is 25.5 Å². The van der Waals surface area contributed by atoms with E-state index < -0.39 is 34.2 Å². The van der Waals surface area contributed by atoms with Gasteiger partial charge >= 0.3 is 0 Å². The number of para-hydroxylation sites is 1. The van der Waals surface area contributed by atoms with Gasteiger partial charge in [0, 0.05) is 12.7 Å². The van der Waals surface area contributed by atoms with Crippen molar-refractivity contribution in [1.82, 2.24) is 9.62 Å². The molecule has 0 saturated carbocycles. The van der Waals surface area contributed by atoms with Crippen LogP contribution in [0.4, 0.5) is 10.1 Å². The quantitative estimate of drug-likeness (QED) is 0.732. The zero-order valence-electron chi connectivity index (χ0n) is 15.8. The number of nitrogens with one attached hydrogen (secondary N) is 2. The second-order valence-electron chi connectivity index (χ2n) is 6.34. The van der Waals surface area contributed by atoms with E-state index in [0.717, 1.165) is 40.3 Å². The number of nitrogens with zero attached hydrogens (tertiary/aromatic N) is 1. The van der Waals surface area contributed by atoms with Crippen molar-refractivity contribution < 1.29 is 22.4 Å². The summed E-state index contributed by atoms with van der Waals surface area (Å²) in [5.41, 5.74) is 2.48. The number of carbonyl (C=O) groups excluding carboxylic acids is 2. The molecular weight excluding hydrogens is 385 g/mol. The van der Waals surface area contributed by atoms with Gasteiger partial charge in [0.1, 0.15) is 5.82 Å². The maximum absolute atomic E-state index is 12.9. The van der Waals surface area contributed by atoms with Gasteiger partial charge in [0.15, 0.2) is 0 Å². The molecule has 9 heteroatoms. The second-order valence-corrected chi connectivity index (χ2v) is 8.11. The van der Waals surface area contributed by atoms with Gasteiger partial charge in [-0.3, -0.25) is 9.59 Å². The fourth-order valence-electron chi connectivity index (χ4n) is 2.48. The Hall–Kier alpha value is -2.78. The molecule has 0 unspecified atom stereocenters. The minimum Gasteiger partial charge on any atom is -0.335 e. The van der Waals surface area contributed by atoms with E-state index >= 15 is 0 Å². The number of hydrogen-bond acceptors (Lipinski definition) is 4. The number of carbonyl (C=O) groups is 2. The normalized spacial score (nSPS) is 11.1. The molecule has 0 aliphatic carbocycles. The molecule has 2 rings (SSSR count). The van der Waals surface area contributed by atoms with Gasteiger partial charge in [0.2, 0.25) is 21.8 Å².